The number of carboxylic acids is 1. The number of carbonyl (C=O) groups excluding carboxylic acids is 2. The molecule has 7 aliphatic rings. The van der Waals surface area contributed by atoms with Crippen molar-refractivity contribution in [3.05, 3.63) is 57.7 Å². The van der Waals surface area contributed by atoms with Crippen LogP contribution < -0.4 is 10.7 Å². The van der Waals surface area contributed by atoms with Gasteiger partial charge in [0.25, 0.3) is 5.91 Å². The number of rotatable bonds is 20. The molecule has 19 heteroatoms. The Morgan fingerprint density at radius 1 is 1.07 bits per heavy atom. The summed E-state index contributed by atoms with van der Waals surface area (Å²) >= 11 is 1.45. The highest BCUT2D eigenvalue weighted by molar-refractivity contribution is 7.10. The van der Waals surface area contributed by atoms with Gasteiger partial charge in [0, 0.05) is 123 Å². The lowest BCUT2D eigenvalue weighted by atomic mass is 9.76. The lowest BCUT2D eigenvalue weighted by molar-refractivity contribution is -0.203. The Hall–Kier alpha value is -4.41. The number of hydrazine groups is 1. The molecule has 74 heavy (non-hydrogen) atoms. The van der Waals surface area contributed by atoms with E-state index in [2.05, 4.69) is 70.1 Å². The molecule has 1 unspecified atom stereocenters. The number of aliphatic carboxylic acids is 1. The Bertz CT molecular complexity index is 2700. The van der Waals surface area contributed by atoms with E-state index < -0.39 is 41.5 Å². The molecule has 2 amide bonds. The fourth-order valence-electron chi connectivity index (χ4n) is 12.0. The minimum absolute atomic E-state index is 0.0166. The SMILES string of the molecule is CO[C@@H](C)c1ncc(C2CN(C3CC3)C2)cc1-c1c(CC(C)(C)CO)c2cc(-c3csc([C@H]([C@H](NC(=O)[C@@H]4OC[C@@H]4C)C(=O)N4CCCC(C(=O)O)N4)N4CC5(COC5)C4)n3)ccc2n1CCOC1CCOCC1. The third kappa shape index (κ3) is 10.3. The zero-order valence-electron chi connectivity index (χ0n) is 43.6. The minimum atomic E-state index is -1.10. The quantitative estimate of drug-likeness (QED) is 0.0885. The third-order valence-corrected chi connectivity index (χ3v) is 17.7. The number of hydrogen-bond donors (Lipinski definition) is 4. The maximum Gasteiger partial charge on any atom is 0.322 e. The van der Waals surface area contributed by atoms with Crippen molar-refractivity contribution in [3.63, 3.8) is 0 Å². The number of aromatic nitrogens is 3. The van der Waals surface area contributed by atoms with Crippen molar-refractivity contribution in [2.24, 2.45) is 16.7 Å². The predicted molar refractivity (Wildman–Crippen MR) is 277 cm³/mol. The zero-order chi connectivity index (χ0) is 51.5. The van der Waals surface area contributed by atoms with Crippen molar-refractivity contribution in [2.75, 3.05) is 86.1 Å². The number of pyridine rings is 1. The first-order valence-corrected chi connectivity index (χ1v) is 27.8. The molecule has 7 fully saturated rings. The van der Waals surface area contributed by atoms with Crippen LogP contribution in [0.15, 0.2) is 35.8 Å². The summed E-state index contributed by atoms with van der Waals surface area (Å²) < 4.78 is 32.1. The highest BCUT2D eigenvalue weighted by atomic mass is 32.1. The van der Waals surface area contributed by atoms with Gasteiger partial charge in [-0.1, -0.05) is 26.8 Å². The molecule has 9 heterocycles. The highest BCUT2D eigenvalue weighted by Crippen LogP contribution is 2.47. The molecule has 3 aromatic heterocycles. The second kappa shape index (κ2) is 21.2. The molecule has 0 radical (unpaired) electrons. The number of methoxy groups -OCH3 is 1. The van der Waals surface area contributed by atoms with E-state index >= 15 is 0 Å². The van der Waals surface area contributed by atoms with E-state index in [9.17, 15) is 24.6 Å². The highest BCUT2D eigenvalue weighted by Gasteiger charge is 2.55. The maximum absolute atomic E-state index is 14.9. The van der Waals surface area contributed by atoms with Crippen molar-refractivity contribution >= 4 is 40.0 Å². The van der Waals surface area contributed by atoms with E-state index in [1.807, 2.05) is 18.5 Å². The summed E-state index contributed by atoms with van der Waals surface area (Å²) in [6, 6.07) is 6.86. The summed E-state index contributed by atoms with van der Waals surface area (Å²) in [6.45, 7) is 16.0. The van der Waals surface area contributed by atoms with Gasteiger partial charge in [0.05, 0.1) is 61.8 Å². The van der Waals surface area contributed by atoms with Crippen molar-refractivity contribution in [1.82, 2.24) is 40.1 Å². The van der Waals surface area contributed by atoms with Gasteiger partial charge in [-0.15, -0.1) is 11.3 Å². The van der Waals surface area contributed by atoms with Crippen LogP contribution in [-0.4, -0.2) is 174 Å². The molecule has 6 saturated heterocycles. The van der Waals surface area contributed by atoms with Crippen LogP contribution in [0.2, 0.25) is 0 Å². The standard InChI is InChI=1S/C55H74N8O10S/c1-32-25-73-49(32)50(65)58-46(52(66)63-14-6-7-42(59-63)53(67)68)48(61-27-55(28-61)30-71-31-55)51-57-43(26-74-51)34-8-11-44-39(19-34)41(21-54(3,4)29-64)47(62(44)15-18-72-38-12-16-70-17-13-38)40-20-35(22-56-45(40)33(2)69-5)36-23-60(24-36)37-9-10-37/h8,11,19-20,22,26,32-33,36-38,42,46,48-49,59,64H,6-7,9-10,12-18,21,23-25,27-31H2,1-5H3,(H,58,65)(H,67,68)/t32-,33-,42?,46-,48-,49+/m0/s1. The summed E-state index contributed by atoms with van der Waals surface area (Å²) in [4.78, 5) is 56.5. The summed E-state index contributed by atoms with van der Waals surface area (Å²) in [5, 5.41) is 29.1. The first kappa shape index (κ1) is 51.7. The van der Waals surface area contributed by atoms with Crippen LogP contribution in [0.3, 0.4) is 0 Å². The molecule has 1 saturated carbocycles. The van der Waals surface area contributed by atoms with Crippen molar-refractivity contribution in [1.29, 1.82) is 0 Å². The average Bonchev–Trinajstić information content (AvgIpc) is 4.00. The first-order valence-electron chi connectivity index (χ1n) is 26.9. The Morgan fingerprint density at radius 3 is 2.51 bits per heavy atom. The molecule has 1 aliphatic carbocycles. The summed E-state index contributed by atoms with van der Waals surface area (Å²) in [7, 11) is 1.73. The number of nitrogens with one attached hydrogen (secondary N) is 2. The summed E-state index contributed by atoms with van der Waals surface area (Å²) in [5.41, 5.74) is 10.3. The number of aliphatic hydroxyl groups excluding tert-OH is 1. The molecular weight excluding hydrogens is 965 g/mol. The number of aliphatic hydroxyl groups is 1. The molecule has 4 aromatic rings. The number of fused-ring (bicyclic) bond motifs is 1. The number of carbonyl (C=O) groups is 3. The number of amides is 2. The largest absolute Gasteiger partial charge is 0.480 e. The Labute approximate surface area is 437 Å². The lowest BCUT2D eigenvalue weighted by Gasteiger charge is -2.58. The molecule has 6 aliphatic heterocycles. The number of carboxylic acid groups (broad SMARTS) is 1. The van der Waals surface area contributed by atoms with Gasteiger partial charge in [0.1, 0.15) is 23.2 Å². The lowest BCUT2D eigenvalue weighted by Crippen LogP contribution is -2.70. The third-order valence-electron chi connectivity index (χ3n) is 16.8. The summed E-state index contributed by atoms with van der Waals surface area (Å²) in [5.74, 6) is -1.47. The number of nitrogens with zero attached hydrogens (tertiary/aromatic N) is 6. The number of benzene rings is 1. The van der Waals surface area contributed by atoms with E-state index in [-0.39, 0.29) is 36.1 Å². The van der Waals surface area contributed by atoms with Crippen LogP contribution in [0.4, 0.5) is 0 Å². The smallest absolute Gasteiger partial charge is 0.322 e. The second-order valence-electron chi connectivity index (χ2n) is 23.1. The molecule has 400 valence electrons. The van der Waals surface area contributed by atoms with Gasteiger partial charge < -0.3 is 43.8 Å². The monoisotopic (exact) mass is 1040 g/mol. The van der Waals surface area contributed by atoms with Crippen LogP contribution in [0, 0.1) is 16.7 Å². The van der Waals surface area contributed by atoms with Gasteiger partial charge in [0.2, 0.25) is 5.91 Å². The van der Waals surface area contributed by atoms with E-state index in [1.165, 1.54) is 34.8 Å². The predicted octanol–water partition coefficient (Wildman–Crippen LogP) is 5.33. The van der Waals surface area contributed by atoms with Gasteiger partial charge in [-0.3, -0.25) is 34.2 Å². The normalized spacial score (nSPS) is 24.9. The van der Waals surface area contributed by atoms with E-state index in [1.54, 1.807) is 7.11 Å². The number of hydrogen-bond acceptors (Lipinski definition) is 15. The fourth-order valence-corrected chi connectivity index (χ4v) is 13.0. The van der Waals surface area contributed by atoms with Crippen LogP contribution in [-0.2, 0) is 51.0 Å². The molecule has 0 bridgehead atoms. The Morgan fingerprint density at radius 2 is 1.85 bits per heavy atom. The minimum Gasteiger partial charge on any atom is -0.480 e. The maximum atomic E-state index is 14.9. The van der Waals surface area contributed by atoms with E-state index in [4.69, 9.17) is 33.7 Å². The molecule has 4 N–H and O–H groups in total. The Balaban J connectivity index is 1.01. The van der Waals surface area contributed by atoms with Gasteiger partial charge >= 0.3 is 5.97 Å². The Kier molecular flexibility index (Phi) is 14.8. The van der Waals surface area contributed by atoms with Crippen molar-refractivity contribution in [3.8, 4) is 22.5 Å². The molecule has 18 nitrogen and oxygen atoms in total. The molecule has 6 atom stereocenters. The van der Waals surface area contributed by atoms with Crippen molar-refractivity contribution in [2.45, 2.75) is 128 Å². The molecule has 11 rings (SSSR count). The van der Waals surface area contributed by atoms with Gasteiger partial charge in [-0.2, -0.15) is 0 Å². The zero-order valence-corrected chi connectivity index (χ0v) is 44.4. The summed E-state index contributed by atoms with van der Waals surface area (Å²) in [6.07, 6.45) is 6.90. The van der Waals surface area contributed by atoms with Crippen LogP contribution in [0.5, 0.6) is 0 Å². The van der Waals surface area contributed by atoms with E-state index in [0.29, 0.717) is 102 Å². The fraction of sp³-hybridized carbons (Fsp3) is 0.655. The topological polar surface area (TPSA) is 202 Å². The van der Waals surface area contributed by atoms with Crippen LogP contribution in [0.25, 0.3) is 33.4 Å². The molecular formula is C55H74N8O10S. The number of thiazole rings is 1. The first-order chi connectivity index (χ1) is 35.7. The number of ether oxygens (including phenoxy) is 5. The van der Waals surface area contributed by atoms with Crippen molar-refractivity contribution < 1.29 is 48.3 Å². The molecule has 1 spiro atoms. The molecule has 1 aromatic carbocycles. The van der Waals surface area contributed by atoms with E-state index in [0.717, 1.165) is 70.6 Å². The number of likely N-dealkylation sites (tertiary alicyclic amines) is 2. The van der Waals surface area contributed by atoms with Crippen LogP contribution >= 0.6 is 11.3 Å². The second-order valence-corrected chi connectivity index (χ2v) is 24.0. The van der Waals surface area contributed by atoms with Crippen LogP contribution in [0.1, 0.15) is 106 Å². The van der Waals surface area contributed by atoms with Gasteiger partial charge in [-0.05, 0) is 86.6 Å². The van der Waals surface area contributed by atoms with Gasteiger partial charge in [0.15, 0.2) is 0 Å². The van der Waals surface area contributed by atoms with Gasteiger partial charge in [-0.25, -0.2) is 10.4 Å². The average molecular weight is 1040 g/mol.